The second-order valence-corrected chi connectivity index (χ2v) is 4.75. The molecule has 80 valence electrons. The quantitative estimate of drug-likeness (QED) is 0.729. The molecule has 1 aromatic carbocycles. The van der Waals surface area contributed by atoms with E-state index in [1.54, 1.807) is 0 Å². The van der Waals surface area contributed by atoms with Gasteiger partial charge in [0, 0.05) is 12.8 Å². The SMILES string of the molecule is Cc1nc2cc(C3CC3(C)C#N)ccc2o1. The Morgan fingerprint density at radius 2 is 2.38 bits per heavy atom. The van der Waals surface area contributed by atoms with E-state index in [9.17, 15) is 0 Å². The molecular weight excluding hydrogens is 200 g/mol. The number of fused-ring (bicyclic) bond motifs is 1. The lowest BCUT2D eigenvalue weighted by Crippen LogP contribution is -1.92. The third-order valence-electron chi connectivity index (χ3n) is 3.41. The van der Waals surface area contributed by atoms with E-state index in [0.29, 0.717) is 11.8 Å². The maximum atomic E-state index is 9.03. The normalized spacial score (nSPS) is 27.9. The fourth-order valence-corrected chi connectivity index (χ4v) is 2.25. The van der Waals surface area contributed by atoms with E-state index in [0.717, 1.165) is 17.5 Å². The second-order valence-electron chi connectivity index (χ2n) is 4.75. The van der Waals surface area contributed by atoms with Gasteiger partial charge in [-0.1, -0.05) is 6.07 Å². The first-order chi connectivity index (χ1) is 7.62. The molecule has 1 fully saturated rings. The van der Waals surface area contributed by atoms with Crippen molar-refractivity contribution in [2.75, 3.05) is 0 Å². The van der Waals surface area contributed by atoms with Gasteiger partial charge in [0.15, 0.2) is 11.5 Å². The van der Waals surface area contributed by atoms with Gasteiger partial charge in [0.05, 0.1) is 11.5 Å². The molecule has 3 heteroatoms. The molecule has 3 rings (SSSR count). The van der Waals surface area contributed by atoms with Crippen molar-refractivity contribution in [2.24, 2.45) is 5.41 Å². The minimum Gasteiger partial charge on any atom is -0.441 e. The van der Waals surface area contributed by atoms with Crippen LogP contribution < -0.4 is 0 Å². The molecule has 0 spiro atoms. The van der Waals surface area contributed by atoms with Crippen LogP contribution in [0.25, 0.3) is 11.1 Å². The third kappa shape index (κ3) is 1.23. The summed E-state index contributed by atoms with van der Waals surface area (Å²) in [4.78, 5) is 4.31. The standard InChI is InChI=1S/C13H12N2O/c1-8-15-11-5-9(3-4-12(11)16-8)10-6-13(10,2)7-14/h3-5,10H,6H2,1-2H3. The van der Waals surface area contributed by atoms with Gasteiger partial charge in [-0.2, -0.15) is 5.26 Å². The number of aryl methyl sites for hydroxylation is 1. The lowest BCUT2D eigenvalue weighted by molar-refractivity contribution is 0.561. The Hall–Kier alpha value is -1.82. The van der Waals surface area contributed by atoms with Crippen molar-refractivity contribution in [1.29, 1.82) is 5.26 Å². The highest BCUT2D eigenvalue weighted by atomic mass is 16.3. The monoisotopic (exact) mass is 212 g/mol. The van der Waals surface area contributed by atoms with Crippen molar-refractivity contribution in [3.05, 3.63) is 29.7 Å². The van der Waals surface area contributed by atoms with Crippen LogP contribution >= 0.6 is 0 Å². The van der Waals surface area contributed by atoms with Crippen molar-refractivity contribution in [3.63, 3.8) is 0 Å². The fraction of sp³-hybridized carbons (Fsp3) is 0.385. The van der Waals surface area contributed by atoms with Crippen LogP contribution in [0.4, 0.5) is 0 Å². The predicted molar refractivity (Wildman–Crippen MR) is 59.8 cm³/mol. The van der Waals surface area contributed by atoms with Crippen LogP contribution in [0.2, 0.25) is 0 Å². The zero-order valence-corrected chi connectivity index (χ0v) is 9.32. The zero-order chi connectivity index (χ0) is 11.3. The van der Waals surface area contributed by atoms with Gasteiger partial charge in [-0.3, -0.25) is 0 Å². The number of rotatable bonds is 1. The Kier molecular flexibility index (Phi) is 1.68. The minimum atomic E-state index is -0.174. The van der Waals surface area contributed by atoms with Gasteiger partial charge in [0.2, 0.25) is 0 Å². The van der Waals surface area contributed by atoms with Crippen molar-refractivity contribution < 1.29 is 4.42 Å². The average molecular weight is 212 g/mol. The number of hydrogen-bond acceptors (Lipinski definition) is 3. The molecule has 1 aliphatic rings. The molecule has 1 aromatic heterocycles. The van der Waals surface area contributed by atoms with Crippen LogP contribution in [0.3, 0.4) is 0 Å². The molecule has 2 aromatic rings. The number of hydrogen-bond donors (Lipinski definition) is 0. The van der Waals surface area contributed by atoms with Gasteiger partial charge in [-0.05, 0) is 31.0 Å². The summed E-state index contributed by atoms with van der Waals surface area (Å²) in [5, 5.41) is 9.03. The molecule has 16 heavy (non-hydrogen) atoms. The van der Waals surface area contributed by atoms with Crippen molar-refractivity contribution in [2.45, 2.75) is 26.2 Å². The summed E-state index contributed by atoms with van der Waals surface area (Å²) in [6.45, 7) is 3.85. The van der Waals surface area contributed by atoms with Gasteiger partial charge >= 0.3 is 0 Å². The number of benzene rings is 1. The third-order valence-corrected chi connectivity index (χ3v) is 3.41. The van der Waals surface area contributed by atoms with Gasteiger partial charge in [-0.15, -0.1) is 0 Å². The Balaban J connectivity index is 2.04. The van der Waals surface area contributed by atoms with Crippen LogP contribution in [0.5, 0.6) is 0 Å². The van der Waals surface area contributed by atoms with Crippen LogP contribution in [0.15, 0.2) is 22.6 Å². The van der Waals surface area contributed by atoms with Gasteiger partial charge < -0.3 is 4.42 Å². The molecule has 0 bridgehead atoms. The van der Waals surface area contributed by atoms with Gasteiger partial charge in [-0.25, -0.2) is 4.98 Å². The maximum Gasteiger partial charge on any atom is 0.192 e. The van der Waals surface area contributed by atoms with Crippen LogP contribution in [0.1, 0.15) is 30.7 Å². The highest BCUT2D eigenvalue weighted by molar-refractivity contribution is 5.74. The summed E-state index contributed by atoms with van der Waals surface area (Å²) < 4.78 is 5.43. The van der Waals surface area contributed by atoms with Crippen LogP contribution in [0, 0.1) is 23.7 Å². The second kappa shape index (κ2) is 2.85. The molecule has 1 saturated carbocycles. The van der Waals surface area contributed by atoms with Crippen LogP contribution in [-0.2, 0) is 0 Å². The zero-order valence-electron chi connectivity index (χ0n) is 9.32. The van der Waals surface area contributed by atoms with E-state index in [4.69, 9.17) is 9.68 Å². The molecule has 0 amide bonds. The van der Waals surface area contributed by atoms with Crippen molar-refractivity contribution >= 4 is 11.1 Å². The summed E-state index contributed by atoms with van der Waals surface area (Å²) in [6, 6.07) is 8.40. The first-order valence-electron chi connectivity index (χ1n) is 5.41. The molecule has 1 heterocycles. The molecule has 0 N–H and O–H groups in total. The van der Waals surface area contributed by atoms with E-state index in [2.05, 4.69) is 11.1 Å². The largest absolute Gasteiger partial charge is 0.441 e. The van der Waals surface area contributed by atoms with Gasteiger partial charge in [0.25, 0.3) is 0 Å². The first kappa shape index (κ1) is 9.41. The number of aromatic nitrogens is 1. The Bertz CT molecular complexity index is 608. The highest BCUT2D eigenvalue weighted by Crippen LogP contribution is 2.58. The lowest BCUT2D eigenvalue weighted by Gasteiger charge is -2.00. The topological polar surface area (TPSA) is 49.8 Å². The molecule has 0 radical (unpaired) electrons. The molecule has 3 nitrogen and oxygen atoms in total. The molecule has 0 saturated heterocycles. The molecule has 2 atom stereocenters. The highest BCUT2D eigenvalue weighted by Gasteiger charge is 2.51. The Labute approximate surface area is 93.7 Å². The van der Waals surface area contributed by atoms with E-state index >= 15 is 0 Å². The van der Waals surface area contributed by atoms with E-state index in [1.165, 1.54) is 5.56 Å². The maximum absolute atomic E-state index is 9.03. The lowest BCUT2D eigenvalue weighted by atomic mass is 10.0. The van der Waals surface area contributed by atoms with E-state index < -0.39 is 0 Å². The number of oxazole rings is 1. The van der Waals surface area contributed by atoms with Crippen molar-refractivity contribution in [3.8, 4) is 6.07 Å². The smallest absolute Gasteiger partial charge is 0.192 e. The summed E-state index contributed by atoms with van der Waals surface area (Å²) >= 11 is 0. The summed E-state index contributed by atoms with van der Waals surface area (Å²) in [5.41, 5.74) is 2.74. The predicted octanol–water partition coefficient (Wildman–Crippen LogP) is 3.15. The van der Waals surface area contributed by atoms with E-state index in [-0.39, 0.29) is 5.41 Å². The first-order valence-corrected chi connectivity index (χ1v) is 5.41. The van der Waals surface area contributed by atoms with Crippen molar-refractivity contribution in [1.82, 2.24) is 4.98 Å². The molecule has 2 unspecified atom stereocenters. The Morgan fingerprint density at radius 1 is 1.56 bits per heavy atom. The summed E-state index contributed by atoms with van der Waals surface area (Å²) in [7, 11) is 0. The summed E-state index contributed by atoms with van der Waals surface area (Å²) in [5.74, 6) is 1.05. The van der Waals surface area contributed by atoms with E-state index in [1.807, 2.05) is 32.0 Å². The van der Waals surface area contributed by atoms with Crippen LogP contribution in [-0.4, -0.2) is 4.98 Å². The van der Waals surface area contributed by atoms with Gasteiger partial charge in [0.1, 0.15) is 5.52 Å². The number of nitrogens with zero attached hydrogens (tertiary/aromatic N) is 2. The Morgan fingerprint density at radius 3 is 3.06 bits per heavy atom. The summed E-state index contributed by atoms with van der Waals surface area (Å²) in [6.07, 6.45) is 0.950. The molecular formula is C13H12N2O. The minimum absolute atomic E-state index is 0.174. The molecule has 0 aliphatic heterocycles. The average Bonchev–Trinajstić information content (AvgIpc) is 2.81. The molecule has 1 aliphatic carbocycles. The fourth-order valence-electron chi connectivity index (χ4n) is 2.25. The number of nitriles is 1.